The highest BCUT2D eigenvalue weighted by atomic mass is 16.5. The highest BCUT2D eigenvalue weighted by molar-refractivity contribution is 5.98. The van der Waals surface area contributed by atoms with Crippen molar-refractivity contribution < 1.29 is 43.6 Å². The molecule has 2 rings (SSSR count). The zero-order valence-corrected chi connectivity index (χ0v) is 32.1. The number of nitrogens with one attached hydrogen (secondary N) is 5. The van der Waals surface area contributed by atoms with Gasteiger partial charge in [-0.2, -0.15) is 0 Å². The Morgan fingerprint density at radius 3 is 1.82 bits per heavy atom. The van der Waals surface area contributed by atoms with E-state index in [0.29, 0.717) is 29.3 Å². The Morgan fingerprint density at radius 1 is 0.727 bits per heavy atom. The lowest BCUT2D eigenvalue weighted by atomic mass is 9.95. The van der Waals surface area contributed by atoms with Crippen LogP contribution in [0.15, 0.2) is 30.5 Å². The normalized spacial score (nSPS) is 15.7. The van der Waals surface area contributed by atoms with Gasteiger partial charge in [-0.1, -0.05) is 72.6 Å². The second-order valence-corrected chi connectivity index (χ2v) is 14.1. The molecule has 19 nitrogen and oxygen atoms in total. The van der Waals surface area contributed by atoms with E-state index in [1.165, 1.54) is 13.8 Å². The van der Waals surface area contributed by atoms with Gasteiger partial charge in [-0.05, 0) is 29.4 Å². The fourth-order valence-electron chi connectivity index (χ4n) is 5.71. The van der Waals surface area contributed by atoms with E-state index in [4.69, 9.17) is 22.9 Å². The first kappa shape index (κ1) is 45.6. The van der Waals surface area contributed by atoms with Gasteiger partial charge in [0.15, 0.2) is 0 Å². The van der Waals surface area contributed by atoms with Gasteiger partial charge in [0.25, 0.3) is 5.91 Å². The molecule has 0 bridgehead atoms. The van der Waals surface area contributed by atoms with Crippen LogP contribution in [0.4, 0.5) is 0 Å². The van der Waals surface area contributed by atoms with Crippen LogP contribution < -0.4 is 44.2 Å². The van der Waals surface area contributed by atoms with Gasteiger partial charge in [-0.15, -0.1) is 0 Å². The summed E-state index contributed by atoms with van der Waals surface area (Å²) in [5.74, 6) is -9.18. The van der Waals surface area contributed by atoms with Crippen molar-refractivity contribution in [2.24, 2.45) is 40.7 Å². The van der Waals surface area contributed by atoms with Crippen molar-refractivity contribution >= 4 is 58.2 Å². The molecule has 0 aliphatic heterocycles. The number of rotatable bonds is 22. The number of para-hydroxylation sites is 1. The summed E-state index contributed by atoms with van der Waals surface area (Å²) in [6.07, 6.45) is 0.884. The van der Waals surface area contributed by atoms with Gasteiger partial charge in [0, 0.05) is 23.5 Å². The molecule has 1 aromatic carbocycles. The number of fused-ring (bicyclic) bond motifs is 1. The summed E-state index contributed by atoms with van der Waals surface area (Å²) in [6, 6.07) is -1.52. The van der Waals surface area contributed by atoms with Gasteiger partial charge < -0.3 is 49.2 Å². The minimum atomic E-state index is -2.02. The maximum atomic E-state index is 14.2. The van der Waals surface area contributed by atoms with Crippen LogP contribution in [-0.4, -0.2) is 98.8 Å². The summed E-state index contributed by atoms with van der Waals surface area (Å²) in [4.78, 5) is 107. The first-order valence-electron chi connectivity index (χ1n) is 18.1. The summed E-state index contributed by atoms with van der Waals surface area (Å²) < 4.78 is 0. The lowest BCUT2D eigenvalue weighted by Gasteiger charge is -2.32. The molecule has 0 spiro atoms. The molecule has 1 heterocycles. The number of carbonyl (C=O) groups excluding carboxylic acids is 8. The fraction of sp³-hybridized carbons (Fsp3) is 0.556. The van der Waals surface area contributed by atoms with Crippen molar-refractivity contribution in [1.82, 2.24) is 31.3 Å². The maximum Gasteiger partial charge on any atom is 0.269 e. The molecule has 19 heteroatoms. The molecule has 304 valence electrons. The zero-order valence-electron chi connectivity index (χ0n) is 32.1. The smallest absolute Gasteiger partial charge is 0.269 e. The SMILES string of the molecule is CC[C@H](C)[C@H](N)C(=O)N[C@H](C(=O)N[C@@H](Cc1c[nH]c2ccccc12)C(=O)N(O)[C@@H](CC(N)=O)C(=O)N[C@H](C(=O)N[C@@H](CC(N)=O)C(N)=O)C(C)C)[C@@H](C)CC. The summed E-state index contributed by atoms with van der Waals surface area (Å²) in [5, 5.41) is 22.0. The number of nitrogens with zero attached hydrogens (tertiary/aromatic N) is 1. The van der Waals surface area contributed by atoms with Crippen LogP contribution >= 0.6 is 0 Å². The molecule has 14 N–H and O–H groups in total. The predicted molar refractivity (Wildman–Crippen MR) is 201 cm³/mol. The number of hydrogen-bond donors (Lipinski definition) is 10. The topological polar surface area (TPSA) is 328 Å². The Kier molecular flexibility index (Phi) is 17.2. The number of hydrogen-bond acceptors (Lipinski definition) is 10. The molecule has 0 saturated heterocycles. The molecule has 0 fully saturated rings. The van der Waals surface area contributed by atoms with Crippen molar-refractivity contribution in [3.8, 4) is 0 Å². The lowest BCUT2D eigenvalue weighted by Crippen LogP contribution is -2.62. The first-order chi connectivity index (χ1) is 25.7. The standard InChI is InChI=1S/C36H56N10O9/c1-7-18(5)28(39)33(51)45-30(19(6)8-2)35(53)43-24(13-20-16-41-22-12-10-9-11-21(20)22)36(54)46(55)25(15-27(38)48)32(50)44-29(17(3)4)34(52)42-23(31(40)49)14-26(37)47/h9-12,16-19,23-25,28-30,41,55H,7-8,13-15,39H2,1-6H3,(H2,37,47)(H2,38,48)(H2,40,49)(H,42,52)(H,43,53)(H,44,50)(H,45,51)/t18-,19-,23-,24-,25-,28-,29-,30-/m0/s1. The molecule has 8 amide bonds. The zero-order chi connectivity index (χ0) is 41.7. The molecule has 0 unspecified atom stereocenters. The average Bonchev–Trinajstić information content (AvgIpc) is 3.54. The van der Waals surface area contributed by atoms with Crippen molar-refractivity contribution in [3.63, 3.8) is 0 Å². The molecular weight excluding hydrogens is 716 g/mol. The second kappa shape index (κ2) is 20.8. The van der Waals surface area contributed by atoms with E-state index < -0.39 is 108 Å². The van der Waals surface area contributed by atoms with E-state index in [2.05, 4.69) is 26.3 Å². The Morgan fingerprint density at radius 2 is 1.27 bits per heavy atom. The number of carbonyl (C=O) groups is 8. The average molecular weight is 773 g/mol. The number of benzene rings is 1. The van der Waals surface area contributed by atoms with E-state index in [-0.39, 0.29) is 17.4 Å². The molecule has 55 heavy (non-hydrogen) atoms. The predicted octanol–water partition coefficient (Wildman–Crippen LogP) is -1.45. The number of aromatic nitrogens is 1. The summed E-state index contributed by atoms with van der Waals surface area (Å²) in [6.45, 7) is 10.2. The molecule has 0 aliphatic carbocycles. The minimum absolute atomic E-state index is 0.0375. The number of primary amides is 3. The van der Waals surface area contributed by atoms with Crippen LogP contribution in [0.1, 0.15) is 72.8 Å². The van der Waals surface area contributed by atoms with Gasteiger partial charge in [0.05, 0.1) is 18.9 Å². The quantitative estimate of drug-likeness (QED) is 0.0490. The third kappa shape index (κ3) is 12.8. The molecule has 1 aromatic heterocycles. The molecule has 2 aromatic rings. The fourth-order valence-corrected chi connectivity index (χ4v) is 5.71. The van der Waals surface area contributed by atoms with Crippen molar-refractivity contribution in [1.29, 1.82) is 0 Å². The number of nitrogens with two attached hydrogens (primary N) is 4. The Balaban J connectivity index is 2.52. The number of aromatic amines is 1. The molecule has 0 radical (unpaired) electrons. The molecular formula is C36H56N10O9. The van der Waals surface area contributed by atoms with Gasteiger partial charge >= 0.3 is 0 Å². The minimum Gasteiger partial charge on any atom is -0.370 e. The van der Waals surface area contributed by atoms with E-state index >= 15 is 0 Å². The van der Waals surface area contributed by atoms with Crippen LogP contribution in [-0.2, 0) is 44.8 Å². The third-order valence-corrected chi connectivity index (χ3v) is 9.60. The van der Waals surface area contributed by atoms with Gasteiger partial charge in [-0.25, -0.2) is 5.06 Å². The number of hydroxylamine groups is 2. The Hall–Kier alpha value is -5.56. The lowest BCUT2D eigenvalue weighted by molar-refractivity contribution is -0.183. The highest BCUT2D eigenvalue weighted by Gasteiger charge is 2.39. The van der Waals surface area contributed by atoms with E-state index in [1.54, 1.807) is 51.2 Å². The Bertz CT molecular complexity index is 1710. The van der Waals surface area contributed by atoms with Gasteiger partial charge in [0.1, 0.15) is 30.2 Å². The number of amides is 8. The van der Waals surface area contributed by atoms with E-state index in [9.17, 15) is 43.6 Å². The van der Waals surface area contributed by atoms with Crippen molar-refractivity contribution in [2.75, 3.05) is 0 Å². The molecule has 8 atom stereocenters. The van der Waals surface area contributed by atoms with E-state index in [1.807, 2.05) is 6.92 Å². The summed E-state index contributed by atoms with van der Waals surface area (Å²) in [5.41, 5.74) is 23.3. The third-order valence-electron chi connectivity index (χ3n) is 9.60. The van der Waals surface area contributed by atoms with Crippen LogP contribution in [0.2, 0.25) is 0 Å². The van der Waals surface area contributed by atoms with Gasteiger partial charge in [-0.3, -0.25) is 43.6 Å². The van der Waals surface area contributed by atoms with Crippen LogP contribution in [0.3, 0.4) is 0 Å². The summed E-state index contributed by atoms with van der Waals surface area (Å²) >= 11 is 0. The Labute approximate surface area is 319 Å². The monoisotopic (exact) mass is 772 g/mol. The summed E-state index contributed by atoms with van der Waals surface area (Å²) in [7, 11) is 0. The highest BCUT2D eigenvalue weighted by Crippen LogP contribution is 2.21. The van der Waals surface area contributed by atoms with Crippen molar-refractivity contribution in [2.45, 2.75) is 110 Å². The largest absolute Gasteiger partial charge is 0.370 e. The molecule has 0 aliphatic rings. The number of H-pyrrole nitrogens is 1. The van der Waals surface area contributed by atoms with Crippen LogP contribution in [0, 0.1) is 17.8 Å². The van der Waals surface area contributed by atoms with Gasteiger partial charge in [0.2, 0.25) is 41.4 Å². The van der Waals surface area contributed by atoms with Crippen LogP contribution in [0.25, 0.3) is 10.9 Å². The van der Waals surface area contributed by atoms with Crippen LogP contribution in [0.5, 0.6) is 0 Å². The van der Waals surface area contributed by atoms with Crippen molar-refractivity contribution in [3.05, 3.63) is 36.0 Å². The first-order valence-corrected chi connectivity index (χ1v) is 18.1. The second-order valence-electron chi connectivity index (χ2n) is 14.1. The molecule has 0 saturated carbocycles. The van der Waals surface area contributed by atoms with E-state index in [0.717, 1.165) is 0 Å². The maximum absolute atomic E-state index is 14.2.